The minimum absolute atomic E-state index is 0.334. The van der Waals surface area contributed by atoms with Crippen molar-refractivity contribution >= 4 is 17.5 Å². The van der Waals surface area contributed by atoms with E-state index in [4.69, 9.17) is 10.5 Å². The number of nitrogen functional groups attached to an aromatic ring is 1. The zero-order chi connectivity index (χ0) is 14.7. The van der Waals surface area contributed by atoms with Gasteiger partial charge >= 0.3 is 5.97 Å². The number of carbonyl (C=O) groups excluding carboxylic acids is 1. The molecule has 5 heteroatoms. The average molecular weight is 277 g/mol. The smallest absolute Gasteiger partial charge is 0.340 e. The molecule has 1 heterocycles. The maximum Gasteiger partial charge on any atom is 0.340 e. The van der Waals surface area contributed by atoms with E-state index < -0.39 is 5.97 Å². The molecule has 0 spiro atoms. The summed E-state index contributed by atoms with van der Waals surface area (Å²) in [6.45, 7) is 6.63. The highest BCUT2D eigenvalue weighted by atomic mass is 16.5. The summed E-state index contributed by atoms with van der Waals surface area (Å²) < 4.78 is 5.00. The van der Waals surface area contributed by atoms with Crippen molar-refractivity contribution in [2.45, 2.75) is 39.7 Å². The van der Waals surface area contributed by atoms with E-state index >= 15 is 0 Å². The summed E-state index contributed by atoms with van der Waals surface area (Å²) >= 11 is 0. The molecular formula is C15H23N3O2. The van der Waals surface area contributed by atoms with Gasteiger partial charge < -0.3 is 15.8 Å². The second-order valence-corrected chi connectivity index (χ2v) is 5.54. The van der Waals surface area contributed by atoms with Crippen molar-refractivity contribution in [3.63, 3.8) is 0 Å². The number of hydrogen-bond donors (Lipinski definition) is 2. The molecule has 0 aromatic carbocycles. The molecule has 0 radical (unpaired) electrons. The van der Waals surface area contributed by atoms with Crippen molar-refractivity contribution in [1.82, 2.24) is 4.98 Å². The summed E-state index contributed by atoms with van der Waals surface area (Å²) in [5.41, 5.74) is 6.51. The van der Waals surface area contributed by atoms with Gasteiger partial charge in [-0.05, 0) is 37.7 Å². The van der Waals surface area contributed by atoms with Crippen molar-refractivity contribution in [1.29, 1.82) is 0 Å². The molecule has 3 N–H and O–H groups in total. The van der Waals surface area contributed by atoms with E-state index in [9.17, 15) is 4.79 Å². The zero-order valence-corrected chi connectivity index (χ0v) is 12.3. The van der Waals surface area contributed by atoms with Crippen molar-refractivity contribution in [3.05, 3.63) is 17.8 Å². The lowest BCUT2D eigenvalue weighted by Crippen LogP contribution is -2.24. The first-order valence-electron chi connectivity index (χ1n) is 7.22. The standard InChI is InChI=1S/C15H23N3O2/c1-4-20-15(19)11-7-14(17-8-12(11)16)18-13-6-5-9(2)10(13)3/h7-10,13H,4-6,16H2,1-3H3,(H,17,18). The maximum absolute atomic E-state index is 11.8. The Balaban J connectivity index is 2.13. The highest BCUT2D eigenvalue weighted by Crippen LogP contribution is 2.33. The number of anilines is 2. The predicted molar refractivity (Wildman–Crippen MR) is 79.6 cm³/mol. The molecule has 3 unspecified atom stereocenters. The molecule has 1 fully saturated rings. The molecule has 1 aromatic rings. The molecule has 1 saturated carbocycles. The van der Waals surface area contributed by atoms with Crippen LogP contribution in [0.2, 0.25) is 0 Å². The molecule has 1 aliphatic rings. The number of carbonyl (C=O) groups is 1. The minimum atomic E-state index is -0.400. The van der Waals surface area contributed by atoms with Crippen molar-refractivity contribution in [2.24, 2.45) is 11.8 Å². The van der Waals surface area contributed by atoms with Crippen LogP contribution < -0.4 is 11.1 Å². The van der Waals surface area contributed by atoms with Gasteiger partial charge in [0.2, 0.25) is 0 Å². The van der Waals surface area contributed by atoms with Gasteiger partial charge in [-0.15, -0.1) is 0 Å². The van der Waals surface area contributed by atoms with Crippen molar-refractivity contribution in [2.75, 3.05) is 17.7 Å². The van der Waals surface area contributed by atoms with E-state index in [2.05, 4.69) is 24.1 Å². The van der Waals surface area contributed by atoms with Gasteiger partial charge in [-0.3, -0.25) is 0 Å². The predicted octanol–water partition coefficient (Wildman–Crippen LogP) is 2.69. The Hall–Kier alpha value is -1.78. The number of rotatable bonds is 4. The highest BCUT2D eigenvalue weighted by molar-refractivity contribution is 5.95. The molecule has 3 atom stereocenters. The molecule has 0 amide bonds. The Bertz CT molecular complexity index is 490. The van der Waals surface area contributed by atoms with Crippen LogP contribution in [0, 0.1) is 11.8 Å². The fourth-order valence-corrected chi connectivity index (χ4v) is 2.69. The second kappa shape index (κ2) is 6.11. The topological polar surface area (TPSA) is 77.2 Å². The van der Waals surface area contributed by atoms with Gasteiger partial charge in [-0.25, -0.2) is 9.78 Å². The van der Waals surface area contributed by atoms with E-state index in [0.717, 1.165) is 6.42 Å². The van der Waals surface area contributed by atoms with Gasteiger partial charge in [0, 0.05) is 6.04 Å². The number of nitrogens with one attached hydrogen (secondary N) is 1. The fraction of sp³-hybridized carbons (Fsp3) is 0.600. The number of nitrogens with two attached hydrogens (primary N) is 1. The third kappa shape index (κ3) is 3.03. The van der Waals surface area contributed by atoms with E-state index in [1.165, 1.54) is 12.6 Å². The number of pyridine rings is 1. The number of esters is 1. The summed E-state index contributed by atoms with van der Waals surface area (Å²) in [6, 6.07) is 2.08. The number of hydrogen-bond acceptors (Lipinski definition) is 5. The van der Waals surface area contributed by atoms with Crippen LogP contribution in [0.3, 0.4) is 0 Å². The summed E-state index contributed by atoms with van der Waals surface area (Å²) in [5.74, 6) is 1.60. The van der Waals surface area contributed by atoms with Crippen LogP contribution >= 0.6 is 0 Å². The van der Waals surface area contributed by atoms with Crippen LogP contribution in [-0.2, 0) is 4.74 Å². The molecule has 110 valence electrons. The van der Waals surface area contributed by atoms with E-state index in [0.29, 0.717) is 41.6 Å². The average Bonchev–Trinajstić information content (AvgIpc) is 2.73. The van der Waals surface area contributed by atoms with Gasteiger partial charge in [-0.2, -0.15) is 0 Å². The number of nitrogens with zero attached hydrogens (tertiary/aromatic N) is 1. The van der Waals surface area contributed by atoms with Gasteiger partial charge in [0.15, 0.2) is 0 Å². The molecule has 2 rings (SSSR count). The second-order valence-electron chi connectivity index (χ2n) is 5.54. The zero-order valence-electron chi connectivity index (χ0n) is 12.3. The number of ether oxygens (including phenoxy) is 1. The maximum atomic E-state index is 11.8. The van der Waals surface area contributed by atoms with E-state index in [1.54, 1.807) is 13.0 Å². The Morgan fingerprint density at radius 1 is 1.50 bits per heavy atom. The van der Waals surface area contributed by atoms with Gasteiger partial charge in [-0.1, -0.05) is 13.8 Å². The lowest BCUT2D eigenvalue weighted by atomic mass is 9.98. The molecule has 5 nitrogen and oxygen atoms in total. The quantitative estimate of drug-likeness (QED) is 0.827. The van der Waals surface area contributed by atoms with Crippen LogP contribution in [0.15, 0.2) is 12.3 Å². The molecule has 20 heavy (non-hydrogen) atoms. The van der Waals surface area contributed by atoms with Crippen LogP contribution in [-0.4, -0.2) is 23.6 Å². The van der Waals surface area contributed by atoms with E-state index in [-0.39, 0.29) is 0 Å². The molecule has 0 bridgehead atoms. The molecule has 1 aliphatic carbocycles. The summed E-state index contributed by atoms with van der Waals surface area (Å²) in [5, 5.41) is 3.41. The number of aromatic nitrogens is 1. The van der Waals surface area contributed by atoms with Crippen molar-refractivity contribution < 1.29 is 9.53 Å². The van der Waals surface area contributed by atoms with Crippen molar-refractivity contribution in [3.8, 4) is 0 Å². The monoisotopic (exact) mass is 277 g/mol. The van der Waals surface area contributed by atoms with Crippen LogP contribution in [0.4, 0.5) is 11.5 Å². The third-order valence-electron chi connectivity index (χ3n) is 4.23. The first kappa shape index (κ1) is 14.6. The SMILES string of the molecule is CCOC(=O)c1cc(NC2CCC(C)C2C)ncc1N. The van der Waals surface area contributed by atoms with Crippen LogP contribution in [0.5, 0.6) is 0 Å². The summed E-state index contributed by atoms with van der Waals surface area (Å²) in [6.07, 6.45) is 3.86. The van der Waals surface area contributed by atoms with Gasteiger partial charge in [0.05, 0.1) is 24.1 Å². The lowest BCUT2D eigenvalue weighted by Gasteiger charge is -2.20. The lowest BCUT2D eigenvalue weighted by molar-refractivity contribution is 0.0527. The van der Waals surface area contributed by atoms with Crippen LogP contribution in [0.1, 0.15) is 44.0 Å². The Morgan fingerprint density at radius 2 is 2.25 bits per heavy atom. The largest absolute Gasteiger partial charge is 0.462 e. The third-order valence-corrected chi connectivity index (χ3v) is 4.23. The van der Waals surface area contributed by atoms with Gasteiger partial charge in [0.25, 0.3) is 0 Å². The fourth-order valence-electron chi connectivity index (χ4n) is 2.69. The first-order chi connectivity index (χ1) is 9.52. The van der Waals surface area contributed by atoms with E-state index in [1.807, 2.05) is 0 Å². The summed E-state index contributed by atoms with van der Waals surface area (Å²) in [7, 11) is 0. The Kier molecular flexibility index (Phi) is 4.47. The highest BCUT2D eigenvalue weighted by Gasteiger charge is 2.30. The first-order valence-corrected chi connectivity index (χ1v) is 7.22. The molecule has 0 saturated heterocycles. The minimum Gasteiger partial charge on any atom is -0.462 e. The Labute approximate surface area is 119 Å². The van der Waals surface area contributed by atoms with Crippen LogP contribution in [0.25, 0.3) is 0 Å². The molecular weight excluding hydrogens is 254 g/mol. The molecule has 0 aliphatic heterocycles. The molecule has 1 aromatic heterocycles. The summed E-state index contributed by atoms with van der Waals surface area (Å²) in [4.78, 5) is 16.1. The Morgan fingerprint density at radius 3 is 2.85 bits per heavy atom. The van der Waals surface area contributed by atoms with Gasteiger partial charge in [0.1, 0.15) is 5.82 Å². The normalized spacial score (nSPS) is 25.4.